The number of carbonyl (C=O) groups is 2. The number of ether oxygens (including phenoxy) is 2. The minimum Gasteiger partial charge on any atom is -0.497 e. The highest BCUT2D eigenvalue weighted by atomic mass is 35.5. The first-order valence-corrected chi connectivity index (χ1v) is 16.9. The van der Waals surface area contributed by atoms with Crippen molar-refractivity contribution in [3.05, 3.63) is 87.9 Å². The van der Waals surface area contributed by atoms with Crippen LogP contribution in [0.5, 0.6) is 11.5 Å². The quantitative estimate of drug-likeness (QED) is 0.260. The number of hydrogen-bond acceptors (Lipinski definition) is 6. The molecule has 3 aromatic rings. The molecule has 236 valence electrons. The maximum atomic E-state index is 14.3. The predicted molar refractivity (Wildman–Crippen MR) is 173 cm³/mol. The van der Waals surface area contributed by atoms with Gasteiger partial charge in [-0.05, 0) is 48.2 Å². The summed E-state index contributed by atoms with van der Waals surface area (Å²) in [5.74, 6) is -0.222. The Labute approximate surface area is 269 Å². The number of anilines is 1. The molecular weight excluding hydrogens is 625 g/mol. The molecule has 2 amide bonds. The normalized spacial score (nSPS) is 14.1. The van der Waals surface area contributed by atoms with Crippen LogP contribution in [0.2, 0.25) is 10.0 Å². The van der Waals surface area contributed by atoms with Crippen LogP contribution in [-0.4, -0.2) is 64.2 Å². The van der Waals surface area contributed by atoms with Crippen molar-refractivity contribution in [3.63, 3.8) is 0 Å². The van der Waals surface area contributed by atoms with Gasteiger partial charge in [-0.15, -0.1) is 0 Å². The number of amides is 2. The molecule has 0 aliphatic heterocycles. The third kappa shape index (κ3) is 8.58. The smallest absolute Gasteiger partial charge is 0.244 e. The first-order valence-electron chi connectivity index (χ1n) is 14.3. The van der Waals surface area contributed by atoms with Gasteiger partial charge < -0.3 is 19.7 Å². The van der Waals surface area contributed by atoms with Crippen LogP contribution < -0.4 is 19.1 Å². The summed E-state index contributed by atoms with van der Waals surface area (Å²) < 4.78 is 38.0. The number of rotatable bonds is 13. The van der Waals surface area contributed by atoms with Gasteiger partial charge in [0.15, 0.2) is 0 Å². The van der Waals surface area contributed by atoms with Crippen LogP contribution in [0, 0.1) is 0 Å². The van der Waals surface area contributed by atoms with E-state index in [9.17, 15) is 18.0 Å². The maximum Gasteiger partial charge on any atom is 0.244 e. The van der Waals surface area contributed by atoms with Crippen molar-refractivity contribution < 1.29 is 27.5 Å². The molecule has 44 heavy (non-hydrogen) atoms. The van der Waals surface area contributed by atoms with Crippen LogP contribution in [-0.2, 0) is 32.6 Å². The summed E-state index contributed by atoms with van der Waals surface area (Å²) in [7, 11) is -1.10. The fourth-order valence-electron chi connectivity index (χ4n) is 5.34. The molecule has 1 aliphatic rings. The summed E-state index contributed by atoms with van der Waals surface area (Å²) in [5, 5.41) is 3.79. The Morgan fingerprint density at radius 2 is 1.64 bits per heavy atom. The van der Waals surface area contributed by atoms with E-state index in [2.05, 4.69) is 5.32 Å². The van der Waals surface area contributed by atoms with Crippen LogP contribution >= 0.6 is 23.2 Å². The van der Waals surface area contributed by atoms with Crippen molar-refractivity contribution in [1.82, 2.24) is 10.2 Å². The Morgan fingerprint density at radius 1 is 0.932 bits per heavy atom. The standard InChI is InChI=1S/C32H37Cl2N3O6S/c1-42-25-14-16-28(30(19-25)43-2)37(44(3,40)41)21-31(38)36(20-23-13-15-26(33)27(34)17-23)29(18-22-9-5-4-6-10-22)32(39)35-24-11-7-8-12-24/h4-6,9-10,13-17,19,24,29H,7-8,11-12,18,20-21H2,1-3H3,(H,35,39)/t29-/m0/s1. The van der Waals surface area contributed by atoms with Crippen molar-refractivity contribution in [3.8, 4) is 11.5 Å². The van der Waals surface area contributed by atoms with E-state index in [1.54, 1.807) is 30.3 Å². The molecule has 0 saturated heterocycles. The molecule has 0 spiro atoms. The van der Waals surface area contributed by atoms with E-state index in [0.29, 0.717) is 21.4 Å². The number of hydrogen-bond donors (Lipinski definition) is 1. The number of benzene rings is 3. The summed E-state index contributed by atoms with van der Waals surface area (Å²) in [6, 6.07) is 18.1. The maximum absolute atomic E-state index is 14.3. The summed E-state index contributed by atoms with van der Waals surface area (Å²) in [6.07, 6.45) is 5.01. The number of halogens is 2. The molecule has 0 bridgehead atoms. The lowest BCUT2D eigenvalue weighted by atomic mass is 10.0. The second kappa shape index (κ2) is 15.0. The summed E-state index contributed by atoms with van der Waals surface area (Å²) in [6.45, 7) is -0.590. The number of nitrogens with zero attached hydrogens (tertiary/aromatic N) is 2. The lowest BCUT2D eigenvalue weighted by molar-refractivity contribution is -0.140. The highest BCUT2D eigenvalue weighted by Gasteiger charge is 2.35. The fraction of sp³-hybridized carbons (Fsp3) is 0.375. The summed E-state index contributed by atoms with van der Waals surface area (Å²) in [5.41, 5.74) is 1.64. The van der Waals surface area contributed by atoms with E-state index in [1.807, 2.05) is 30.3 Å². The van der Waals surface area contributed by atoms with Crippen LogP contribution in [0.25, 0.3) is 0 Å². The monoisotopic (exact) mass is 661 g/mol. The average molecular weight is 663 g/mol. The minimum atomic E-state index is -3.98. The second-order valence-corrected chi connectivity index (χ2v) is 13.5. The molecule has 0 radical (unpaired) electrons. The Hall–Kier alpha value is -3.47. The lowest BCUT2D eigenvalue weighted by Crippen LogP contribution is -2.54. The average Bonchev–Trinajstić information content (AvgIpc) is 3.52. The summed E-state index contributed by atoms with van der Waals surface area (Å²) >= 11 is 12.5. The predicted octanol–water partition coefficient (Wildman–Crippen LogP) is 5.48. The SMILES string of the molecule is COc1ccc(N(CC(=O)N(Cc2ccc(Cl)c(Cl)c2)[C@@H](Cc2ccccc2)C(=O)NC2CCCC2)S(C)(=O)=O)c(OC)c1. The number of nitrogens with one attached hydrogen (secondary N) is 1. The van der Waals surface area contributed by atoms with E-state index < -0.39 is 28.5 Å². The molecule has 0 aromatic heterocycles. The van der Waals surface area contributed by atoms with Gasteiger partial charge >= 0.3 is 0 Å². The Balaban J connectivity index is 1.77. The first-order chi connectivity index (χ1) is 21.0. The molecular formula is C32H37Cl2N3O6S. The molecule has 1 atom stereocenters. The van der Waals surface area contributed by atoms with Gasteiger partial charge in [-0.25, -0.2) is 8.42 Å². The van der Waals surface area contributed by atoms with Gasteiger partial charge in [0.05, 0.1) is 36.2 Å². The lowest BCUT2D eigenvalue weighted by Gasteiger charge is -2.34. The van der Waals surface area contributed by atoms with Gasteiger partial charge in [-0.2, -0.15) is 0 Å². The van der Waals surface area contributed by atoms with Crippen LogP contribution in [0.4, 0.5) is 5.69 Å². The van der Waals surface area contributed by atoms with Gasteiger partial charge in [0.2, 0.25) is 21.8 Å². The molecule has 3 aromatic carbocycles. The molecule has 1 saturated carbocycles. The molecule has 0 heterocycles. The van der Waals surface area contributed by atoms with Crippen molar-refractivity contribution >= 4 is 50.7 Å². The van der Waals surface area contributed by atoms with Gasteiger partial charge in [0.1, 0.15) is 24.1 Å². The summed E-state index contributed by atoms with van der Waals surface area (Å²) in [4.78, 5) is 29.7. The fourth-order valence-corrected chi connectivity index (χ4v) is 6.52. The topological polar surface area (TPSA) is 105 Å². The molecule has 0 unspecified atom stereocenters. The largest absolute Gasteiger partial charge is 0.497 e. The van der Waals surface area contributed by atoms with E-state index in [1.165, 1.54) is 25.2 Å². The van der Waals surface area contributed by atoms with Gasteiger partial charge in [-0.3, -0.25) is 13.9 Å². The van der Waals surface area contributed by atoms with Crippen molar-refractivity contribution in [1.29, 1.82) is 0 Å². The molecule has 4 rings (SSSR count). The van der Waals surface area contributed by atoms with Crippen LogP contribution in [0.1, 0.15) is 36.8 Å². The van der Waals surface area contributed by atoms with E-state index >= 15 is 0 Å². The van der Waals surface area contributed by atoms with Crippen molar-refractivity contribution in [2.45, 2.75) is 50.7 Å². The van der Waals surface area contributed by atoms with Crippen LogP contribution in [0.15, 0.2) is 66.7 Å². The molecule has 12 heteroatoms. The van der Waals surface area contributed by atoms with Crippen LogP contribution in [0.3, 0.4) is 0 Å². The molecule has 1 N–H and O–H groups in total. The number of carbonyl (C=O) groups excluding carboxylic acids is 2. The van der Waals surface area contributed by atoms with E-state index in [4.69, 9.17) is 32.7 Å². The third-order valence-corrected chi connectivity index (χ3v) is 9.51. The number of sulfonamides is 1. The zero-order valence-electron chi connectivity index (χ0n) is 25.0. The zero-order chi connectivity index (χ0) is 31.9. The highest BCUT2D eigenvalue weighted by Crippen LogP contribution is 2.34. The van der Waals surface area contributed by atoms with E-state index in [0.717, 1.165) is 41.8 Å². The van der Waals surface area contributed by atoms with Gasteiger partial charge in [-0.1, -0.05) is 72.4 Å². The Kier molecular flexibility index (Phi) is 11.4. The van der Waals surface area contributed by atoms with Crippen molar-refractivity contribution in [2.75, 3.05) is 31.3 Å². The van der Waals surface area contributed by atoms with Crippen molar-refractivity contribution in [2.24, 2.45) is 0 Å². The molecule has 1 aliphatic carbocycles. The highest BCUT2D eigenvalue weighted by molar-refractivity contribution is 7.92. The molecule has 1 fully saturated rings. The zero-order valence-corrected chi connectivity index (χ0v) is 27.3. The van der Waals surface area contributed by atoms with Gasteiger partial charge in [0.25, 0.3) is 0 Å². The second-order valence-electron chi connectivity index (χ2n) is 10.8. The minimum absolute atomic E-state index is 0.0113. The van der Waals surface area contributed by atoms with E-state index in [-0.39, 0.29) is 36.4 Å². The Morgan fingerprint density at radius 3 is 2.25 bits per heavy atom. The first kappa shape index (κ1) is 33.4. The Bertz CT molecular complexity index is 1570. The third-order valence-electron chi connectivity index (χ3n) is 7.64. The van der Waals surface area contributed by atoms with Gasteiger partial charge in [0, 0.05) is 25.1 Å². The number of methoxy groups -OCH3 is 2. The molecule has 9 nitrogen and oxygen atoms in total.